The molecule has 0 saturated carbocycles. The molecular formula is C16H17N3S2. The molecular weight excluding hydrogens is 298 g/mol. The van der Waals surface area contributed by atoms with E-state index < -0.39 is 0 Å². The van der Waals surface area contributed by atoms with Crippen LogP contribution in [0.4, 0.5) is 0 Å². The second-order valence-electron chi connectivity index (χ2n) is 4.71. The van der Waals surface area contributed by atoms with Gasteiger partial charge < -0.3 is 5.32 Å². The zero-order chi connectivity index (χ0) is 14.5. The summed E-state index contributed by atoms with van der Waals surface area (Å²) >= 11 is 3.31. The first-order chi connectivity index (χ1) is 10.4. The molecule has 21 heavy (non-hydrogen) atoms. The third-order valence-corrected chi connectivity index (χ3v) is 5.04. The highest BCUT2D eigenvalue weighted by Crippen LogP contribution is 2.27. The van der Waals surface area contributed by atoms with Crippen molar-refractivity contribution in [2.45, 2.75) is 19.4 Å². The summed E-state index contributed by atoms with van der Waals surface area (Å²) in [5.41, 5.74) is 2.43. The van der Waals surface area contributed by atoms with E-state index in [-0.39, 0.29) is 0 Å². The van der Waals surface area contributed by atoms with Gasteiger partial charge in [-0.15, -0.1) is 22.7 Å². The van der Waals surface area contributed by atoms with Gasteiger partial charge in [-0.05, 0) is 12.1 Å². The minimum atomic E-state index is 0.308. The van der Waals surface area contributed by atoms with Gasteiger partial charge in [-0.2, -0.15) is 0 Å². The van der Waals surface area contributed by atoms with Crippen LogP contribution in [0.5, 0.6) is 0 Å². The quantitative estimate of drug-likeness (QED) is 0.742. The molecule has 0 spiro atoms. The van der Waals surface area contributed by atoms with Gasteiger partial charge in [0.1, 0.15) is 0 Å². The highest BCUT2D eigenvalue weighted by atomic mass is 32.1. The minimum absolute atomic E-state index is 0.308. The summed E-state index contributed by atoms with van der Waals surface area (Å²) in [6.07, 6.45) is 2.73. The molecule has 0 bridgehead atoms. The van der Waals surface area contributed by atoms with E-state index in [2.05, 4.69) is 52.9 Å². The Labute approximate surface area is 132 Å². The van der Waals surface area contributed by atoms with Crippen LogP contribution in [0.2, 0.25) is 0 Å². The molecule has 0 radical (unpaired) electrons. The SMILES string of the molecule is CCNC(Cc1csc(-c2nccs2)n1)c1ccccc1. The third kappa shape index (κ3) is 3.56. The molecule has 0 aliphatic carbocycles. The van der Waals surface area contributed by atoms with Crippen molar-refractivity contribution in [1.82, 2.24) is 15.3 Å². The van der Waals surface area contributed by atoms with Crippen LogP contribution in [0.15, 0.2) is 47.3 Å². The fraction of sp³-hybridized carbons (Fsp3) is 0.250. The van der Waals surface area contributed by atoms with E-state index in [1.165, 1.54) is 5.56 Å². The van der Waals surface area contributed by atoms with Crippen molar-refractivity contribution in [1.29, 1.82) is 0 Å². The fourth-order valence-corrected chi connectivity index (χ4v) is 3.80. The Kier molecular flexibility index (Phi) is 4.75. The van der Waals surface area contributed by atoms with Gasteiger partial charge >= 0.3 is 0 Å². The monoisotopic (exact) mass is 315 g/mol. The molecule has 1 atom stereocenters. The Morgan fingerprint density at radius 2 is 2.00 bits per heavy atom. The number of thiazole rings is 2. The van der Waals surface area contributed by atoms with E-state index in [1.54, 1.807) is 22.7 Å². The van der Waals surface area contributed by atoms with Crippen molar-refractivity contribution in [2.24, 2.45) is 0 Å². The summed E-state index contributed by atoms with van der Waals surface area (Å²) < 4.78 is 0. The number of benzene rings is 1. The van der Waals surface area contributed by atoms with Gasteiger partial charge in [0, 0.05) is 29.4 Å². The Morgan fingerprint density at radius 1 is 1.14 bits per heavy atom. The lowest BCUT2D eigenvalue weighted by Gasteiger charge is -2.17. The van der Waals surface area contributed by atoms with E-state index in [1.807, 2.05) is 11.6 Å². The first kappa shape index (κ1) is 14.4. The zero-order valence-corrected chi connectivity index (χ0v) is 13.5. The fourth-order valence-electron chi connectivity index (χ4n) is 2.28. The molecule has 0 aliphatic heterocycles. The topological polar surface area (TPSA) is 37.8 Å². The van der Waals surface area contributed by atoms with Crippen molar-refractivity contribution < 1.29 is 0 Å². The van der Waals surface area contributed by atoms with Crippen molar-refractivity contribution in [2.75, 3.05) is 6.54 Å². The number of nitrogens with zero attached hydrogens (tertiary/aromatic N) is 2. The van der Waals surface area contributed by atoms with Gasteiger partial charge in [-0.1, -0.05) is 37.3 Å². The Hall–Kier alpha value is -1.56. The number of likely N-dealkylation sites (N-methyl/N-ethyl adjacent to an activating group) is 1. The molecule has 1 aromatic carbocycles. The third-order valence-electron chi connectivity index (χ3n) is 3.23. The minimum Gasteiger partial charge on any atom is -0.310 e. The standard InChI is InChI=1S/C16H17N3S2/c1-2-17-14(12-6-4-3-5-7-12)10-13-11-21-16(19-13)15-18-8-9-20-15/h3-9,11,14,17H,2,10H2,1H3. The maximum atomic E-state index is 4.73. The Balaban J connectivity index is 1.77. The summed E-state index contributed by atoms with van der Waals surface area (Å²) in [6.45, 7) is 3.08. The average Bonchev–Trinajstić information content (AvgIpc) is 3.19. The van der Waals surface area contributed by atoms with Crippen LogP contribution in [0, 0.1) is 0 Å². The molecule has 5 heteroatoms. The molecule has 0 amide bonds. The molecule has 1 N–H and O–H groups in total. The number of hydrogen-bond acceptors (Lipinski definition) is 5. The lowest BCUT2D eigenvalue weighted by atomic mass is 10.0. The predicted octanol–water partition coefficient (Wildman–Crippen LogP) is 4.16. The first-order valence-corrected chi connectivity index (χ1v) is 8.75. The second-order valence-corrected chi connectivity index (χ2v) is 6.46. The summed E-state index contributed by atoms with van der Waals surface area (Å²) in [4.78, 5) is 9.05. The second kappa shape index (κ2) is 6.93. The van der Waals surface area contributed by atoms with Crippen LogP contribution in [0.25, 0.3) is 10.0 Å². The Morgan fingerprint density at radius 3 is 2.71 bits per heavy atom. The molecule has 2 heterocycles. The van der Waals surface area contributed by atoms with Crippen LogP contribution < -0.4 is 5.32 Å². The van der Waals surface area contributed by atoms with Gasteiger partial charge in [0.15, 0.2) is 10.0 Å². The molecule has 0 saturated heterocycles. The van der Waals surface area contributed by atoms with Gasteiger partial charge in [0.25, 0.3) is 0 Å². The smallest absolute Gasteiger partial charge is 0.152 e. The largest absolute Gasteiger partial charge is 0.310 e. The van der Waals surface area contributed by atoms with Gasteiger partial charge in [-0.3, -0.25) is 0 Å². The van der Waals surface area contributed by atoms with Gasteiger partial charge in [0.2, 0.25) is 0 Å². The molecule has 108 valence electrons. The molecule has 1 unspecified atom stereocenters. The van der Waals surface area contributed by atoms with Crippen LogP contribution in [-0.2, 0) is 6.42 Å². The first-order valence-electron chi connectivity index (χ1n) is 6.99. The number of aromatic nitrogens is 2. The van der Waals surface area contributed by atoms with E-state index in [9.17, 15) is 0 Å². The molecule has 3 rings (SSSR count). The van der Waals surface area contributed by atoms with Crippen LogP contribution in [0.3, 0.4) is 0 Å². The van der Waals surface area contributed by atoms with Crippen molar-refractivity contribution in [3.8, 4) is 10.0 Å². The van der Waals surface area contributed by atoms with Crippen LogP contribution in [0.1, 0.15) is 24.2 Å². The molecule has 3 aromatic rings. The van der Waals surface area contributed by atoms with Gasteiger partial charge in [0.05, 0.1) is 5.69 Å². The number of hydrogen-bond donors (Lipinski definition) is 1. The number of rotatable bonds is 6. The van der Waals surface area contributed by atoms with Crippen LogP contribution in [-0.4, -0.2) is 16.5 Å². The van der Waals surface area contributed by atoms with E-state index in [4.69, 9.17) is 4.98 Å². The Bertz CT molecular complexity index is 662. The molecule has 0 fully saturated rings. The van der Waals surface area contributed by atoms with Crippen molar-refractivity contribution >= 4 is 22.7 Å². The normalized spacial score (nSPS) is 12.4. The molecule has 2 aromatic heterocycles. The lowest BCUT2D eigenvalue weighted by Crippen LogP contribution is -2.23. The molecule has 0 aliphatic rings. The molecule has 3 nitrogen and oxygen atoms in total. The maximum Gasteiger partial charge on any atom is 0.152 e. The zero-order valence-electron chi connectivity index (χ0n) is 11.8. The summed E-state index contributed by atoms with van der Waals surface area (Å²) in [7, 11) is 0. The predicted molar refractivity (Wildman–Crippen MR) is 89.8 cm³/mol. The maximum absolute atomic E-state index is 4.73. The summed E-state index contributed by atoms with van der Waals surface area (Å²) in [5.74, 6) is 0. The van der Waals surface area contributed by atoms with E-state index in [0.717, 1.165) is 28.7 Å². The van der Waals surface area contributed by atoms with E-state index >= 15 is 0 Å². The van der Waals surface area contributed by atoms with Crippen molar-refractivity contribution in [3.05, 3.63) is 58.5 Å². The highest BCUT2D eigenvalue weighted by molar-refractivity contribution is 7.19. The van der Waals surface area contributed by atoms with Gasteiger partial charge in [-0.25, -0.2) is 9.97 Å². The van der Waals surface area contributed by atoms with Crippen molar-refractivity contribution in [3.63, 3.8) is 0 Å². The average molecular weight is 315 g/mol. The van der Waals surface area contributed by atoms with Crippen LogP contribution >= 0.6 is 22.7 Å². The highest BCUT2D eigenvalue weighted by Gasteiger charge is 2.14. The van der Waals surface area contributed by atoms with E-state index in [0.29, 0.717) is 6.04 Å². The summed E-state index contributed by atoms with van der Waals surface area (Å²) in [6, 6.07) is 10.9. The number of nitrogens with one attached hydrogen (secondary N) is 1. The summed E-state index contributed by atoms with van der Waals surface area (Å²) in [5, 5.41) is 9.70. The lowest BCUT2D eigenvalue weighted by molar-refractivity contribution is 0.545.